The van der Waals surface area contributed by atoms with Gasteiger partial charge in [-0.3, -0.25) is 0 Å². The van der Waals surface area contributed by atoms with E-state index in [0.29, 0.717) is 17.4 Å². The van der Waals surface area contributed by atoms with Gasteiger partial charge < -0.3 is 10.5 Å². The second-order valence-corrected chi connectivity index (χ2v) is 2.28. The quantitative estimate of drug-likeness (QED) is 0.687. The molecule has 0 fully saturated rings. The third-order valence-electron chi connectivity index (χ3n) is 1.40. The molecule has 0 saturated heterocycles. The molecule has 1 heterocycles. The number of rotatable bonds is 2. The molecule has 3 nitrogen and oxygen atoms in total. The van der Waals surface area contributed by atoms with Gasteiger partial charge in [-0.1, -0.05) is 0 Å². The molecule has 0 aromatic carbocycles. The highest BCUT2D eigenvalue weighted by Crippen LogP contribution is 2.23. The molecule has 1 rings (SSSR count). The molecule has 1 aromatic rings. The van der Waals surface area contributed by atoms with Crippen molar-refractivity contribution in [2.24, 2.45) is 0 Å². The van der Waals surface area contributed by atoms with Gasteiger partial charge in [-0.2, -0.15) is 0 Å². The molecule has 11 heavy (non-hydrogen) atoms. The van der Waals surface area contributed by atoms with Crippen LogP contribution >= 0.6 is 11.6 Å². The first-order chi connectivity index (χ1) is 5.29. The topological polar surface area (TPSA) is 48.1 Å². The Labute approximate surface area is 70.1 Å². The number of hydrogen-bond acceptors (Lipinski definition) is 3. The SMILES string of the molecule is COc1ccnc(N)c1CCl. The molecule has 0 spiro atoms. The molecule has 0 saturated carbocycles. The Balaban J connectivity index is 3.13. The van der Waals surface area contributed by atoms with Gasteiger partial charge >= 0.3 is 0 Å². The molecular formula is C7H9ClN2O. The first-order valence-corrected chi connectivity index (χ1v) is 3.66. The summed E-state index contributed by atoms with van der Waals surface area (Å²) in [5, 5.41) is 0. The minimum absolute atomic E-state index is 0.322. The summed E-state index contributed by atoms with van der Waals surface area (Å²) in [6.45, 7) is 0. The van der Waals surface area contributed by atoms with Crippen LogP contribution in [0.25, 0.3) is 0 Å². The maximum Gasteiger partial charge on any atom is 0.131 e. The zero-order chi connectivity index (χ0) is 8.27. The van der Waals surface area contributed by atoms with Crippen LogP contribution in [0.2, 0.25) is 0 Å². The van der Waals surface area contributed by atoms with Crippen molar-refractivity contribution in [1.82, 2.24) is 4.98 Å². The maximum atomic E-state index is 5.62. The van der Waals surface area contributed by atoms with Crippen LogP contribution in [0.1, 0.15) is 5.56 Å². The lowest BCUT2D eigenvalue weighted by atomic mass is 10.2. The molecule has 4 heteroatoms. The van der Waals surface area contributed by atoms with Gasteiger partial charge in [0.05, 0.1) is 18.6 Å². The lowest BCUT2D eigenvalue weighted by Gasteiger charge is -2.06. The monoisotopic (exact) mass is 172 g/mol. The van der Waals surface area contributed by atoms with Gasteiger partial charge in [0.25, 0.3) is 0 Å². The van der Waals surface area contributed by atoms with E-state index in [2.05, 4.69) is 4.98 Å². The molecule has 0 bridgehead atoms. The van der Waals surface area contributed by atoms with Crippen molar-refractivity contribution in [2.75, 3.05) is 12.8 Å². The molecular weight excluding hydrogens is 164 g/mol. The van der Waals surface area contributed by atoms with Gasteiger partial charge in [-0.25, -0.2) is 4.98 Å². The van der Waals surface area contributed by atoms with E-state index in [-0.39, 0.29) is 0 Å². The van der Waals surface area contributed by atoms with Crippen molar-refractivity contribution in [1.29, 1.82) is 0 Å². The zero-order valence-corrected chi connectivity index (χ0v) is 6.93. The van der Waals surface area contributed by atoms with Crippen LogP contribution < -0.4 is 10.5 Å². The zero-order valence-electron chi connectivity index (χ0n) is 6.17. The van der Waals surface area contributed by atoms with Crippen molar-refractivity contribution >= 4 is 17.4 Å². The standard InChI is InChI=1S/C7H9ClN2O/c1-11-6-2-3-10-7(9)5(6)4-8/h2-3H,4H2,1H3,(H2,9,10). The smallest absolute Gasteiger partial charge is 0.131 e. The van der Waals surface area contributed by atoms with Crippen LogP contribution in [0.3, 0.4) is 0 Å². The third kappa shape index (κ3) is 1.54. The number of aromatic nitrogens is 1. The van der Waals surface area contributed by atoms with Crippen LogP contribution in [0.5, 0.6) is 5.75 Å². The number of anilines is 1. The second-order valence-electron chi connectivity index (χ2n) is 2.01. The summed E-state index contributed by atoms with van der Waals surface area (Å²) in [4.78, 5) is 3.87. The highest BCUT2D eigenvalue weighted by Gasteiger charge is 2.04. The number of hydrogen-bond donors (Lipinski definition) is 1. The Bertz CT molecular complexity index is 252. The average Bonchev–Trinajstić information content (AvgIpc) is 2.04. The van der Waals surface area contributed by atoms with E-state index in [4.69, 9.17) is 22.1 Å². The van der Waals surface area contributed by atoms with E-state index < -0.39 is 0 Å². The Morgan fingerprint density at radius 1 is 1.73 bits per heavy atom. The number of nitrogens with zero attached hydrogens (tertiary/aromatic N) is 1. The minimum Gasteiger partial charge on any atom is -0.496 e. The van der Waals surface area contributed by atoms with E-state index in [0.717, 1.165) is 5.56 Å². The van der Waals surface area contributed by atoms with E-state index >= 15 is 0 Å². The first kappa shape index (κ1) is 8.14. The van der Waals surface area contributed by atoms with Crippen molar-refractivity contribution in [3.8, 4) is 5.75 Å². The highest BCUT2D eigenvalue weighted by atomic mass is 35.5. The number of alkyl halides is 1. The molecule has 0 atom stereocenters. The summed E-state index contributed by atoms with van der Waals surface area (Å²) in [5.41, 5.74) is 6.28. The van der Waals surface area contributed by atoms with Crippen LogP contribution in [-0.2, 0) is 5.88 Å². The average molecular weight is 173 g/mol. The highest BCUT2D eigenvalue weighted by molar-refractivity contribution is 6.17. The number of halogens is 1. The summed E-state index contributed by atoms with van der Waals surface area (Å²) < 4.78 is 5.01. The van der Waals surface area contributed by atoms with E-state index in [1.165, 1.54) is 0 Å². The summed E-state index contributed by atoms with van der Waals surface area (Å²) >= 11 is 5.62. The second kappa shape index (κ2) is 3.44. The fourth-order valence-corrected chi connectivity index (χ4v) is 1.08. The molecule has 0 aliphatic heterocycles. The van der Waals surface area contributed by atoms with Gasteiger partial charge in [0, 0.05) is 6.20 Å². The van der Waals surface area contributed by atoms with Crippen LogP contribution in [0.15, 0.2) is 12.3 Å². The first-order valence-electron chi connectivity index (χ1n) is 3.13. The Morgan fingerprint density at radius 2 is 2.45 bits per heavy atom. The Kier molecular flexibility index (Phi) is 2.54. The third-order valence-corrected chi connectivity index (χ3v) is 1.67. The summed E-state index contributed by atoms with van der Waals surface area (Å²) in [5.74, 6) is 1.44. The van der Waals surface area contributed by atoms with E-state index in [9.17, 15) is 0 Å². The molecule has 1 aromatic heterocycles. The molecule has 0 aliphatic carbocycles. The predicted molar refractivity (Wildman–Crippen MR) is 44.8 cm³/mol. The summed E-state index contributed by atoms with van der Waals surface area (Å²) in [6, 6.07) is 1.73. The van der Waals surface area contributed by atoms with E-state index in [1.54, 1.807) is 19.4 Å². The molecule has 0 amide bonds. The van der Waals surface area contributed by atoms with Gasteiger partial charge in [-0.05, 0) is 6.07 Å². The largest absolute Gasteiger partial charge is 0.496 e. The van der Waals surface area contributed by atoms with Crippen molar-refractivity contribution in [3.63, 3.8) is 0 Å². The van der Waals surface area contributed by atoms with Gasteiger partial charge in [-0.15, -0.1) is 11.6 Å². The van der Waals surface area contributed by atoms with Gasteiger partial charge in [0.15, 0.2) is 0 Å². The number of methoxy groups -OCH3 is 1. The van der Waals surface area contributed by atoms with Crippen molar-refractivity contribution in [2.45, 2.75) is 5.88 Å². The fraction of sp³-hybridized carbons (Fsp3) is 0.286. The molecule has 0 radical (unpaired) electrons. The van der Waals surface area contributed by atoms with Crippen molar-refractivity contribution < 1.29 is 4.74 Å². The normalized spacial score (nSPS) is 9.64. The number of ether oxygens (including phenoxy) is 1. The minimum atomic E-state index is 0.322. The Hall–Kier alpha value is -0.960. The summed E-state index contributed by atoms with van der Waals surface area (Å²) in [7, 11) is 1.57. The molecule has 60 valence electrons. The van der Waals surface area contributed by atoms with Crippen LogP contribution in [0.4, 0.5) is 5.82 Å². The Morgan fingerprint density at radius 3 is 2.91 bits per heavy atom. The molecule has 2 N–H and O–H groups in total. The molecule has 0 unspecified atom stereocenters. The number of nitrogens with two attached hydrogens (primary N) is 1. The lowest BCUT2D eigenvalue weighted by Crippen LogP contribution is -1.98. The molecule has 0 aliphatic rings. The van der Waals surface area contributed by atoms with Gasteiger partial charge in [0.1, 0.15) is 11.6 Å². The van der Waals surface area contributed by atoms with Crippen LogP contribution in [0, 0.1) is 0 Å². The fourth-order valence-electron chi connectivity index (χ4n) is 0.816. The van der Waals surface area contributed by atoms with Gasteiger partial charge in [0.2, 0.25) is 0 Å². The predicted octanol–water partition coefficient (Wildman–Crippen LogP) is 1.41. The maximum absolute atomic E-state index is 5.62. The number of nitrogen functional groups attached to an aromatic ring is 1. The van der Waals surface area contributed by atoms with Crippen LogP contribution in [-0.4, -0.2) is 12.1 Å². The number of pyridine rings is 1. The lowest BCUT2D eigenvalue weighted by molar-refractivity contribution is 0.411. The summed E-state index contributed by atoms with van der Waals surface area (Å²) in [6.07, 6.45) is 1.59. The van der Waals surface area contributed by atoms with Crippen molar-refractivity contribution in [3.05, 3.63) is 17.8 Å². The van der Waals surface area contributed by atoms with E-state index in [1.807, 2.05) is 0 Å².